The van der Waals surface area contributed by atoms with E-state index in [0.29, 0.717) is 12.1 Å². The average molecular weight is 329 g/mol. The topological polar surface area (TPSA) is 35.5 Å². The number of rotatable bonds is 4. The minimum atomic E-state index is 0.558. The highest BCUT2D eigenvalue weighted by Crippen LogP contribution is 2.24. The Bertz CT molecular complexity index is 587. The van der Waals surface area contributed by atoms with Gasteiger partial charge in [-0.3, -0.25) is 24.7 Å². The summed E-state index contributed by atoms with van der Waals surface area (Å²) < 4.78 is 0. The van der Waals surface area contributed by atoms with Crippen LogP contribution < -0.4 is 0 Å². The predicted molar refractivity (Wildman–Crippen MR) is 95.7 cm³/mol. The highest BCUT2D eigenvalue weighted by atomic mass is 15.3. The van der Waals surface area contributed by atoms with Crippen molar-refractivity contribution in [3.8, 4) is 0 Å². The quantitative estimate of drug-likeness (QED) is 0.843. The Morgan fingerprint density at radius 2 is 1.92 bits per heavy atom. The lowest BCUT2D eigenvalue weighted by Gasteiger charge is -2.40. The van der Waals surface area contributed by atoms with E-state index in [9.17, 15) is 0 Å². The van der Waals surface area contributed by atoms with Gasteiger partial charge in [-0.2, -0.15) is 0 Å². The van der Waals surface area contributed by atoms with E-state index in [1.165, 1.54) is 56.1 Å². The summed E-state index contributed by atoms with van der Waals surface area (Å²) in [5.41, 5.74) is 3.55. The van der Waals surface area contributed by atoms with Crippen molar-refractivity contribution in [2.24, 2.45) is 0 Å². The van der Waals surface area contributed by atoms with Gasteiger partial charge in [-0.25, -0.2) is 0 Å². The normalized spacial score (nSPS) is 26.8. The Morgan fingerprint density at radius 1 is 1.08 bits per heavy atom. The molecule has 1 aromatic heterocycles. The number of piperazine rings is 1. The molecular formula is C19H31N5. The molecule has 2 fully saturated rings. The molecule has 5 heteroatoms. The minimum absolute atomic E-state index is 0.558. The molecule has 4 heterocycles. The van der Waals surface area contributed by atoms with Gasteiger partial charge in [0.2, 0.25) is 0 Å². The molecule has 0 amide bonds. The average Bonchev–Trinajstić information content (AvgIpc) is 3.20. The molecule has 0 spiro atoms. The maximum atomic E-state index is 4.95. The molecule has 4 rings (SSSR count). The van der Waals surface area contributed by atoms with E-state index in [0.717, 1.165) is 25.6 Å². The summed E-state index contributed by atoms with van der Waals surface area (Å²) in [7, 11) is 0. The second-order valence-corrected chi connectivity index (χ2v) is 8.13. The molecule has 0 saturated carbocycles. The molecule has 0 aromatic carbocycles. The van der Waals surface area contributed by atoms with Crippen LogP contribution >= 0.6 is 0 Å². The van der Waals surface area contributed by atoms with Crippen LogP contribution in [0.2, 0.25) is 0 Å². The zero-order valence-electron chi connectivity index (χ0n) is 15.4. The van der Waals surface area contributed by atoms with Crippen LogP contribution in [0.1, 0.15) is 50.7 Å². The summed E-state index contributed by atoms with van der Waals surface area (Å²) in [6.07, 6.45) is 5.81. The summed E-state index contributed by atoms with van der Waals surface area (Å²) in [6, 6.07) is 1.92. The second-order valence-electron chi connectivity index (χ2n) is 8.13. The molecule has 5 nitrogen and oxygen atoms in total. The van der Waals surface area contributed by atoms with Gasteiger partial charge in [0.05, 0.1) is 17.1 Å². The molecule has 132 valence electrons. The zero-order valence-corrected chi connectivity index (χ0v) is 15.4. The summed E-state index contributed by atoms with van der Waals surface area (Å²) in [5.74, 6) is 0. The van der Waals surface area contributed by atoms with Crippen LogP contribution in [0.3, 0.4) is 0 Å². The molecule has 0 aliphatic carbocycles. The molecule has 2 atom stereocenters. The first-order valence-electron chi connectivity index (χ1n) is 9.66. The smallest absolute Gasteiger partial charge is 0.0775 e. The Morgan fingerprint density at radius 3 is 2.75 bits per heavy atom. The molecule has 0 radical (unpaired) electrons. The van der Waals surface area contributed by atoms with Crippen LogP contribution in [-0.2, 0) is 19.5 Å². The number of hydrogen-bond acceptors (Lipinski definition) is 5. The standard InChI is InChI=1S/C19H31N5/c1-14(2)24-12-18-19(13-24)21-16(10-20-18)9-15(3)23-8-7-22-6-4-5-17(22)11-23/h10,14-15,17H,4-9,11-13H2,1-3H3. The third-order valence-electron chi connectivity index (χ3n) is 6.16. The molecule has 3 aliphatic rings. The lowest BCUT2D eigenvalue weighted by molar-refractivity contribution is 0.0768. The fourth-order valence-electron chi connectivity index (χ4n) is 4.50. The fraction of sp³-hybridized carbons (Fsp3) is 0.789. The molecule has 2 saturated heterocycles. The summed E-state index contributed by atoms with van der Waals surface area (Å²) in [5, 5.41) is 0. The second kappa shape index (κ2) is 6.70. The van der Waals surface area contributed by atoms with Crippen molar-refractivity contribution >= 4 is 0 Å². The lowest BCUT2D eigenvalue weighted by atomic mass is 10.1. The van der Waals surface area contributed by atoms with Gasteiger partial charge in [-0.15, -0.1) is 0 Å². The van der Waals surface area contributed by atoms with Crippen LogP contribution in [0.5, 0.6) is 0 Å². The molecule has 24 heavy (non-hydrogen) atoms. The van der Waals surface area contributed by atoms with Crippen molar-refractivity contribution in [2.75, 3.05) is 26.2 Å². The predicted octanol–water partition coefficient (Wildman–Crippen LogP) is 1.91. The maximum Gasteiger partial charge on any atom is 0.0775 e. The number of aromatic nitrogens is 2. The molecule has 0 N–H and O–H groups in total. The van der Waals surface area contributed by atoms with Gasteiger partial charge in [0.25, 0.3) is 0 Å². The van der Waals surface area contributed by atoms with Crippen LogP contribution in [0.15, 0.2) is 6.20 Å². The van der Waals surface area contributed by atoms with E-state index >= 15 is 0 Å². The Kier molecular flexibility index (Phi) is 4.58. The molecular weight excluding hydrogens is 298 g/mol. The number of hydrogen-bond donors (Lipinski definition) is 0. The van der Waals surface area contributed by atoms with E-state index in [2.05, 4.69) is 35.5 Å². The van der Waals surface area contributed by atoms with E-state index in [1.54, 1.807) is 0 Å². The highest BCUT2D eigenvalue weighted by Gasteiger charge is 2.32. The third kappa shape index (κ3) is 3.22. The van der Waals surface area contributed by atoms with Crippen molar-refractivity contribution in [3.05, 3.63) is 23.3 Å². The summed E-state index contributed by atoms with van der Waals surface area (Å²) in [6.45, 7) is 13.8. The van der Waals surface area contributed by atoms with E-state index in [1.807, 2.05) is 6.20 Å². The van der Waals surface area contributed by atoms with Crippen molar-refractivity contribution in [3.63, 3.8) is 0 Å². The van der Waals surface area contributed by atoms with Crippen LogP contribution in [-0.4, -0.2) is 69.0 Å². The summed E-state index contributed by atoms with van der Waals surface area (Å²) in [4.78, 5) is 17.4. The van der Waals surface area contributed by atoms with E-state index in [4.69, 9.17) is 9.97 Å². The fourth-order valence-corrected chi connectivity index (χ4v) is 4.50. The van der Waals surface area contributed by atoms with Gasteiger partial charge in [0, 0.05) is 63.5 Å². The van der Waals surface area contributed by atoms with Crippen LogP contribution in [0, 0.1) is 0 Å². The number of fused-ring (bicyclic) bond motifs is 2. The van der Waals surface area contributed by atoms with Gasteiger partial charge >= 0.3 is 0 Å². The Hall–Kier alpha value is -1.04. The van der Waals surface area contributed by atoms with Gasteiger partial charge < -0.3 is 0 Å². The van der Waals surface area contributed by atoms with Crippen LogP contribution in [0.25, 0.3) is 0 Å². The highest BCUT2D eigenvalue weighted by molar-refractivity contribution is 5.19. The first-order chi connectivity index (χ1) is 11.6. The van der Waals surface area contributed by atoms with Crippen LogP contribution in [0.4, 0.5) is 0 Å². The molecule has 0 bridgehead atoms. The third-order valence-corrected chi connectivity index (χ3v) is 6.16. The first kappa shape index (κ1) is 16.4. The van der Waals surface area contributed by atoms with Gasteiger partial charge in [0.15, 0.2) is 0 Å². The largest absolute Gasteiger partial charge is 0.298 e. The van der Waals surface area contributed by atoms with E-state index < -0.39 is 0 Å². The minimum Gasteiger partial charge on any atom is -0.298 e. The molecule has 3 aliphatic heterocycles. The SMILES string of the molecule is CC(C)N1Cc2ncc(CC(C)N3CCN4CCCC4C3)nc2C1. The van der Waals surface area contributed by atoms with Gasteiger partial charge in [-0.1, -0.05) is 0 Å². The van der Waals surface area contributed by atoms with Gasteiger partial charge in [-0.05, 0) is 40.2 Å². The van der Waals surface area contributed by atoms with E-state index in [-0.39, 0.29) is 0 Å². The monoisotopic (exact) mass is 329 g/mol. The Balaban J connectivity index is 1.38. The zero-order chi connectivity index (χ0) is 16.7. The number of nitrogens with zero attached hydrogens (tertiary/aromatic N) is 5. The first-order valence-corrected chi connectivity index (χ1v) is 9.66. The maximum absolute atomic E-state index is 4.95. The molecule has 2 unspecified atom stereocenters. The van der Waals surface area contributed by atoms with Crippen molar-refractivity contribution in [2.45, 2.75) is 71.2 Å². The van der Waals surface area contributed by atoms with Crippen molar-refractivity contribution < 1.29 is 0 Å². The van der Waals surface area contributed by atoms with Gasteiger partial charge in [0.1, 0.15) is 0 Å². The lowest BCUT2D eigenvalue weighted by Crippen LogP contribution is -2.53. The van der Waals surface area contributed by atoms with Crippen molar-refractivity contribution in [1.29, 1.82) is 0 Å². The Labute approximate surface area is 146 Å². The summed E-state index contributed by atoms with van der Waals surface area (Å²) >= 11 is 0. The molecule has 1 aromatic rings. The van der Waals surface area contributed by atoms with Crippen molar-refractivity contribution in [1.82, 2.24) is 24.7 Å².